The summed E-state index contributed by atoms with van der Waals surface area (Å²) < 4.78 is 10.5. The summed E-state index contributed by atoms with van der Waals surface area (Å²) in [5, 5.41) is 0. The molecule has 0 spiro atoms. The van der Waals surface area contributed by atoms with E-state index < -0.39 is 5.97 Å². The summed E-state index contributed by atoms with van der Waals surface area (Å²) in [5.41, 5.74) is 4.26. The highest BCUT2D eigenvalue weighted by atomic mass is 16.5. The lowest BCUT2D eigenvalue weighted by Gasteiger charge is -2.55. The monoisotopic (exact) mass is 450 g/mol. The van der Waals surface area contributed by atoms with Gasteiger partial charge in [0, 0.05) is 23.7 Å². The summed E-state index contributed by atoms with van der Waals surface area (Å²) >= 11 is 0. The van der Waals surface area contributed by atoms with Crippen molar-refractivity contribution in [3.05, 3.63) is 62.6 Å². The first-order chi connectivity index (χ1) is 15.9. The molecule has 176 valence electrons. The molecule has 2 aromatic rings. The second-order valence-electron chi connectivity index (χ2n) is 10.3. The number of fused-ring (bicyclic) bond motifs is 2. The van der Waals surface area contributed by atoms with Gasteiger partial charge in [-0.15, -0.1) is 0 Å². The number of nitrogens with one attached hydrogen (secondary N) is 1. The van der Waals surface area contributed by atoms with Gasteiger partial charge in [-0.05, 0) is 99.2 Å². The van der Waals surface area contributed by atoms with Gasteiger partial charge in [-0.3, -0.25) is 4.79 Å². The fourth-order valence-electron chi connectivity index (χ4n) is 6.38. The molecule has 5 rings (SSSR count). The summed E-state index contributed by atoms with van der Waals surface area (Å²) in [6.45, 7) is 6.79. The number of benzene rings is 1. The van der Waals surface area contributed by atoms with Crippen molar-refractivity contribution in [1.82, 2.24) is 9.88 Å². The van der Waals surface area contributed by atoms with Crippen LogP contribution in [0.2, 0.25) is 0 Å². The van der Waals surface area contributed by atoms with E-state index in [0.29, 0.717) is 12.0 Å². The number of ether oxygens (including phenoxy) is 2. The molecule has 1 aromatic heterocycles. The van der Waals surface area contributed by atoms with Gasteiger partial charge in [-0.2, -0.15) is 0 Å². The molecule has 2 aliphatic carbocycles. The first kappa shape index (κ1) is 22.2. The highest BCUT2D eigenvalue weighted by Gasteiger charge is 2.51. The van der Waals surface area contributed by atoms with E-state index in [1.54, 1.807) is 13.2 Å². The zero-order valence-corrected chi connectivity index (χ0v) is 20.1. The first-order valence-corrected chi connectivity index (χ1v) is 12.1. The van der Waals surface area contributed by atoms with Crippen LogP contribution in [0.5, 0.6) is 5.75 Å². The number of esters is 1. The van der Waals surface area contributed by atoms with Gasteiger partial charge in [0.15, 0.2) is 0 Å². The number of hydrogen-bond acceptors (Lipinski definition) is 5. The Balaban J connectivity index is 1.63. The molecular weight excluding hydrogens is 416 g/mol. The van der Waals surface area contributed by atoms with Gasteiger partial charge in [0.05, 0.1) is 14.2 Å². The molecule has 0 amide bonds. The van der Waals surface area contributed by atoms with Crippen LogP contribution < -0.4 is 10.3 Å². The number of H-pyrrole nitrogens is 1. The van der Waals surface area contributed by atoms with E-state index >= 15 is 0 Å². The maximum atomic E-state index is 12.7. The summed E-state index contributed by atoms with van der Waals surface area (Å²) in [4.78, 5) is 30.6. The van der Waals surface area contributed by atoms with E-state index in [1.807, 2.05) is 6.07 Å². The van der Waals surface area contributed by atoms with Crippen molar-refractivity contribution < 1.29 is 14.3 Å². The average molecular weight is 451 g/mol. The number of rotatable bonds is 5. The molecule has 6 nitrogen and oxygen atoms in total. The van der Waals surface area contributed by atoms with E-state index in [1.165, 1.54) is 37.6 Å². The van der Waals surface area contributed by atoms with Crippen LogP contribution in [0.25, 0.3) is 0 Å². The molecule has 3 atom stereocenters. The van der Waals surface area contributed by atoms with Crippen LogP contribution in [0.1, 0.15) is 58.9 Å². The third-order valence-electron chi connectivity index (χ3n) is 8.44. The predicted octanol–water partition coefficient (Wildman–Crippen LogP) is 3.64. The van der Waals surface area contributed by atoms with Gasteiger partial charge in [-0.1, -0.05) is 6.07 Å². The van der Waals surface area contributed by atoms with Crippen LogP contribution in [-0.4, -0.2) is 49.2 Å². The number of aromatic amines is 1. The van der Waals surface area contributed by atoms with Crippen LogP contribution in [0.15, 0.2) is 29.1 Å². The molecule has 1 aliphatic heterocycles. The number of methoxy groups -OCH3 is 2. The molecular formula is C27H34N2O4. The molecule has 2 heterocycles. The standard InChI is InChI=1S/C27H34N2O4/c1-16-5-8-20(32-3)13-22(16)27-9-10-29(15-18-6-7-18)17(2)23(27)12-19-11-21(26(31)33-4)25(30)28-24(19)14-27/h5,8,11,13,17-18,23H,6-7,9-10,12,14-15H2,1-4H3,(H,28,30)/t17-,23+,27-/m1/s1. The SMILES string of the molecule is COC(=O)c1cc2c([nH]c1=O)C[C@@]1(c3cc(OC)ccc3C)CCN(CC3CC3)[C@H](C)[C@@H]1C2. The van der Waals surface area contributed by atoms with Crippen molar-refractivity contribution in [2.75, 3.05) is 27.3 Å². The highest BCUT2D eigenvalue weighted by molar-refractivity contribution is 5.89. The van der Waals surface area contributed by atoms with E-state index in [9.17, 15) is 9.59 Å². The minimum atomic E-state index is -0.577. The van der Waals surface area contributed by atoms with Crippen LogP contribution in [-0.2, 0) is 23.0 Å². The van der Waals surface area contributed by atoms with Gasteiger partial charge >= 0.3 is 5.97 Å². The molecule has 1 N–H and O–H groups in total. The molecule has 1 saturated heterocycles. The van der Waals surface area contributed by atoms with E-state index in [-0.39, 0.29) is 16.5 Å². The lowest BCUT2D eigenvalue weighted by atomic mass is 9.55. The Kier molecular flexibility index (Phi) is 5.60. The van der Waals surface area contributed by atoms with Crippen molar-refractivity contribution in [3.63, 3.8) is 0 Å². The lowest BCUT2D eigenvalue weighted by molar-refractivity contribution is 0.0246. The summed E-state index contributed by atoms with van der Waals surface area (Å²) in [6, 6.07) is 8.57. The van der Waals surface area contributed by atoms with Crippen LogP contribution in [0.3, 0.4) is 0 Å². The first-order valence-electron chi connectivity index (χ1n) is 12.1. The van der Waals surface area contributed by atoms with Crippen molar-refractivity contribution >= 4 is 5.97 Å². The zero-order chi connectivity index (χ0) is 23.3. The molecule has 0 bridgehead atoms. The molecule has 0 unspecified atom stereocenters. The molecule has 1 saturated carbocycles. The summed E-state index contributed by atoms with van der Waals surface area (Å²) in [6.07, 6.45) is 5.33. The van der Waals surface area contributed by atoms with Gasteiger partial charge in [0.1, 0.15) is 11.3 Å². The number of carbonyl (C=O) groups excluding carboxylic acids is 1. The highest BCUT2D eigenvalue weighted by Crippen LogP contribution is 2.51. The Morgan fingerprint density at radius 2 is 2.03 bits per heavy atom. The molecule has 3 aliphatic rings. The fourth-order valence-corrected chi connectivity index (χ4v) is 6.38. The van der Waals surface area contributed by atoms with Crippen LogP contribution in [0.4, 0.5) is 0 Å². The molecule has 33 heavy (non-hydrogen) atoms. The minimum absolute atomic E-state index is 0.0825. The Morgan fingerprint density at radius 1 is 1.24 bits per heavy atom. The van der Waals surface area contributed by atoms with E-state index in [0.717, 1.165) is 48.7 Å². The topological polar surface area (TPSA) is 71.6 Å². The van der Waals surface area contributed by atoms with Crippen molar-refractivity contribution in [2.45, 2.75) is 57.4 Å². The second kappa shape index (κ2) is 8.32. The normalized spacial score (nSPS) is 26.9. The number of nitrogens with zero attached hydrogens (tertiary/aromatic N) is 1. The van der Waals surface area contributed by atoms with Crippen molar-refractivity contribution in [3.8, 4) is 5.75 Å². The van der Waals surface area contributed by atoms with Crippen molar-refractivity contribution in [2.24, 2.45) is 11.8 Å². The minimum Gasteiger partial charge on any atom is -0.497 e. The Labute approximate surface area is 195 Å². The third kappa shape index (κ3) is 3.78. The van der Waals surface area contributed by atoms with E-state index in [4.69, 9.17) is 9.47 Å². The lowest BCUT2D eigenvalue weighted by Crippen LogP contribution is -2.59. The molecule has 6 heteroatoms. The fraction of sp³-hybridized carbons (Fsp3) is 0.556. The summed E-state index contributed by atoms with van der Waals surface area (Å²) in [7, 11) is 3.03. The van der Waals surface area contributed by atoms with Gasteiger partial charge in [0.2, 0.25) is 0 Å². The zero-order valence-electron chi connectivity index (χ0n) is 20.1. The Hall–Kier alpha value is -2.60. The number of aromatic nitrogens is 1. The molecule has 2 fully saturated rings. The van der Waals surface area contributed by atoms with Crippen LogP contribution >= 0.6 is 0 Å². The largest absolute Gasteiger partial charge is 0.497 e. The third-order valence-corrected chi connectivity index (χ3v) is 8.44. The summed E-state index contributed by atoms with van der Waals surface area (Å²) in [5.74, 6) is 1.51. The molecule has 0 radical (unpaired) electrons. The smallest absolute Gasteiger partial charge is 0.343 e. The number of pyridine rings is 1. The number of carbonyl (C=O) groups is 1. The number of aryl methyl sites for hydroxylation is 1. The quantitative estimate of drug-likeness (QED) is 0.705. The second-order valence-corrected chi connectivity index (χ2v) is 10.3. The number of likely N-dealkylation sites (tertiary alicyclic amines) is 1. The molecule has 1 aromatic carbocycles. The van der Waals surface area contributed by atoms with Gasteiger partial charge < -0.3 is 19.4 Å². The maximum Gasteiger partial charge on any atom is 0.343 e. The van der Waals surface area contributed by atoms with Crippen LogP contribution in [0, 0.1) is 18.8 Å². The maximum absolute atomic E-state index is 12.7. The van der Waals surface area contributed by atoms with E-state index in [2.05, 4.69) is 35.9 Å². The predicted molar refractivity (Wildman–Crippen MR) is 127 cm³/mol. The Bertz CT molecular complexity index is 1140. The number of hydrogen-bond donors (Lipinski definition) is 1. The number of piperidine rings is 1. The Morgan fingerprint density at radius 3 is 2.73 bits per heavy atom. The van der Waals surface area contributed by atoms with Crippen molar-refractivity contribution in [1.29, 1.82) is 0 Å². The average Bonchev–Trinajstić information content (AvgIpc) is 3.63. The van der Waals surface area contributed by atoms with Gasteiger partial charge in [0.25, 0.3) is 5.56 Å². The van der Waals surface area contributed by atoms with Gasteiger partial charge in [-0.25, -0.2) is 4.79 Å².